The van der Waals surface area contributed by atoms with Crippen molar-refractivity contribution in [3.63, 3.8) is 0 Å². The van der Waals surface area contributed by atoms with Crippen molar-refractivity contribution in [3.8, 4) is 0 Å². The van der Waals surface area contributed by atoms with Gasteiger partial charge in [-0.15, -0.1) is 0 Å². The number of hydrogen-bond acceptors (Lipinski definition) is 5. The number of nitrogens with one attached hydrogen (secondary N) is 2. The highest BCUT2D eigenvalue weighted by molar-refractivity contribution is 6.31. The van der Waals surface area contributed by atoms with Crippen molar-refractivity contribution in [2.75, 3.05) is 37.7 Å². The Balaban J connectivity index is 1.63. The number of amides is 1. The predicted octanol–water partition coefficient (Wildman–Crippen LogP) is 2.27. The molecular formula is C19H25ClN4O2. The summed E-state index contributed by atoms with van der Waals surface area (Å²) in [5.74, 6) is 0.358. The Morgan fingerprint density at radius 3 is 2.65 bits per heavy atom. The van der Waals surface area contributed by atoms with E-state index < -0.39 is 0 Å². The van der Waals surface area contributed by atoms with Crippen molar-refractivity contribution in [2.24, 2.45) is 0 Å². The van der Waals surface area contributed by atoms with Crippen LogP contribution in [0.25, 0.3) is 0 Å². The zero-order chi connectivity index (χ0) is 17.9. The van der Waals surface area contributed by atoms with Gasteiger partial charge < -0.3 is 15.0 Å². The number of ether oxygens (including phenoxy) is 1. The van der Waals surface area contributed by atoms with Gasteiger partial charge in [0, 0.05) is 31.2 Å². The molecule has 2 heterocycles. The Kier molecular flexibility index (Phi) is 5.33. The van der Waals surface area contributed by atoms with Gasteiger partial charge in [0.1, 0.15) is 0 Å². The summed E-state index contributed by atoms with van der Waals surface area (Å²) in [4.78, 5) is 15.5. The molecule has 4 rings (SSSR count). The Hall–Kier alpha value is -1.76. The first-order valence-electron chi connectivity index (χ1n) is 9.41. The van der Waals surface area contributed by atoms with Crippen LogP contribution in [0, 0.1) is 0 Å². The lowest BCUT2D eigenvalue weighted by Crippen LogP contribution is -2.54. The van der Waals surface area contributed by atoms with Crippen molar-refractivity contribution in [1.29, 1.82) is 0 Å². The van der Waals surface area contributed by atoms with Gasteiger partial charge in [-0.1, -0.05) is 17.7 Å². The fourth-order valence-corrected chi connectivity index (χ4v) is 4.02. The third kappa shape index (κ3) is 3.68. The van der Waals surface area contributed by atoms with E-state index in [0.717, 1.165) is 50.4 Å². The van der Waals surface area contributed by atoms with E-state index in [1.54, 1.807) is 17.1 Å². The highest BCUT2D eigenvalue weighted by atomic mass is 35.5. The molecule has 1 amide bonds. The highest BCUT2D eigenvalue weighted by Gasteiger charge is 2.34. The third-order valence-corrected chi connectivity index (χ3v) is 5.45. The van der Waals surface area contributed by atoms with Crippen LogP contribution >= 0.6 is 11.6 Å². The van der Waals surface area contributed by atoms with Gasteiger partial charge in [-0.2, -0.15) is 0 Å². The largest absolute Gasteiger partial charge is 0.483 e. The van der Waals surface area contributed by atoms with E-state index in [0.29, 0.717) is 17.3 Å². The lowest BCUT2D eigenvalue weighted by molar-refractivity contribution is -0.121. The molecule has 0 bridgehead atoms. The predicted molar refractivity (Wildman–Crippen MR) is 102 cm³/mol. The third-order valence-electron chi connectivity index (χ3n) is 5.22. The smallest absolute Gasteiger partial charge is 0.309 e. The molecule has 3 aliphatic rings. The molecule has 1 aromatic carbocycles. The molecule has 1 aliphatic carbocycles. The van der Waals surface area contributed by atoms with Crippen LogP contribution in [-0.4, -0.2) is 49.6 Å². The van der Waals surface area contributed by atoms with E-state index in [9.17, 15) is 4.79 Å². The molecule has 1 saturated heterocycles. The van der Waals surface area contributed by atoms with Crippen LogP contribution in [0.3, 0.4) is 0 Å². The SMILES string of the molecule is O=C1C(OC2CCCC2)=C(N2CCNCC2)CNN1c1cccc(Cl)c1. The molecule has 2 aliphatic heterocycles. The van der Waals surface area contributed by atoms with Crippen molar-refractivity contribution < 1.29 is 9.53 Å². The molecule has 2 fully saturated rings. The van der Waals surface area contributed by atoms with E-state index in [-0.39, 0.29) is 12.0 Å². The van der Waals surface area contributed by atoms with Gasteiger partial charge in [-0.25, -0.2) is 10.4 Å². The van der Waals surface area contributed by atoms with Gasteiger partial charge in [0.15, 0.2) is 0 Å². The molecule has 140 valence electrons. The maximum Gasteiger partial charge on any atom is 0.309 e. The molecule has 0 radical (unpaired) electrons. The second-order valence-corrected chi connectivity index (χ2v) is 7.43. The number of anilines is 1. The Bertz CT molecular complexity index is 697. The molecule has 26 heavy (non-hydrogen) atoms. The van der Waals surface area contributed by atoms with Crippen LogP contribution < -0.4 is 15.8 Å². The molecule has 6 nitrogen and oxygen atoms in total. The van der Waals surface area contributed by atoms with Crippen LogP contribution in [-0.2, 0) is 9.53 Å². The van der Waals surface area contributed by atoms with Gasteiger partial charge in [-0.3, -0.25) is 4.79 Å². The van der Waals surface area contributed by atoms with E-state index >= 15 is 0 Å². The maximum absolute atomic E-state index is 13.3. The molecule has 0 atom stereocenters. The Morgan fingerprint density at radius 1 is 1.15 bits per heavy atom. The van der Waals surface area contributed by atoms with Gasteiger partial charge in [0.2, 0.25) is 5.76 Å². The normalized spacial score (nSPS) is 22.3. The summed E-state index contributed by atoms with van der Waals surface area (Å²) in [5.41, 5.74) is 4.94. The minimum absolute atomic E-state index is 0.140. The summed E-state index contributed by atoms with van der Waals surface area (Å²) in [6.45, 7) is 4.19. The quantitative estimate of drug-likeness (QED) is 0.844. The summed E-state index contributed by atoms with van der Waals surface area (Å²) in [6.07, 6.45) is 4.54. The zero-order valence-corrected chi connectivity index (χ0v) is 15.6. The number of halogens is 1. The molecule has 0 spiro atoms. The molecule has 0 aromatic heterocycles. The van der Waals surface area contributed by atoms with Crippen LogP contribution in [0.5, 0.6) is 0 Å². The number of nitrogens with zero attached hydrogens (tertiary/aromatic N) is 2. The number of rotatable bonds is 4. The fraction of sp³-hybridized carbons (Fsp3) is 0.526. The first kappa shape index (κ1) is 17.6. The standard InChI is InChI=1S/C19H25ClN4O2/c20-14-4-3-5-15(12-14)24-19(25)18(26-16-6-1-2-7-16)17(13-22-24)23-10-8-21-9-11-23/h3-5,12,16,21-22H,1-2,6-11,13H2. The zero-order valence-electron chi connectivity index (χ0n) is 14.8. The van der Waals surface area contributed by atoms with Crippen LogP contribution in [0.4, 0.5) is 5.69 Å². The van der Waals surface area contributed by atoms with E-state index in [1.807, 2.05) is 12.1 Å². The lowest BCUT2D eigenvalue weighted by atomic mass is 10.2. The average molecular weight is 377 g/mol. The van der Waals surface area contributed by atoms with Crippen LogP contribution in [0.2, 0.25) is 5.02 Å². The van der Waals surface area contributed by atoms with Crippen LogP contribution in [0.1, 0.15) is 25.7 Å². The summed E-state index contributed by atoms with van der Waals surface area (Å²) >= 11 is 6.11. The molecule has 1 aromatic rings. The number of piperazine rings is 1. The first-order valence-corrected chi connectivity index (χ1v) is 9.79. The lowest BCUT2D eigenvalue weighted by Gasteiger charge is -2.38. The summed E-state index contributed by atoms with van der Waals surface area (Å²) in [6, 6.07) is 7.31. The molecule has 7 heteroatoms. The number of carbonyl (C=O) groups is 1. The molecule has 0 unspecified atom stereocenters. The van der Waals surface area contributed by atoms with Gasteiger partial charge >= 0.3 is 5.91 Å². The molecular weight excluding hydrogens is 352 g/mol. The van der Waals surface area contributed by atoms with Gasteiger partial charge in [-0.05, 0) is 43.9 Å². The van der Waals surface area contributed by atoms with Crippen molar-refractivity contribution in [3.05, 3.63) is 40.7 Å². The minimum atomic E-state index is -0.140. The second-order valence-electron chi connectivity index (χ2n) is 6.99. The summed E-state index contributed by atoms with van der Waals surface area (Å²) < 4.78 is 6.27. The number of hydrazine groups is 1. The minimum Gasteiger partial charge on any atom is -0.483 e. The number of hydrogen-bond donors (Lipinski definition) is 2. The highest BCUT2D eigenvalue weighted by Crippen LogP contribution is 2.29. The fourth-order valence-electron chi connectivity index (χ4n) is 3.84. The van der Waals surface area contributed by atoms with Crippen LogP contribution in [0.15, 0.2) is 35.7 Å². The molecule has 1 saturated carbocycles. The Labute approximate surface area is 159 Å². The average Bonchev–Trinajstić information content (AvgIpc) is 3.17. The summed E-state index contributed by atoms with van der Waals surface area (Å²) in [7, 11) is 0. The van der Waals surface area contributed by atoms with E-state index in [2.05, 4.69) is 15.6 Å². The number of benzene rings is 1. The topological polar surface area (TPSA) is 56.8 Å². The van der Waals surface area contributed by atoms with E-state index in [4.69, 9.17) is 16.3 Å². The molecule has 2 N–H and O–H groups in total. The van der Waals surface area contributed by atoms with Gasteiger partial charge in [0.05, 0.1) is 24.0 Å². The van der Waals surface area contributed by atoms with Crippen molar-refractivity contribution in [2.45, 2.75) is 31.8 Å². The van der Waals surface area contributed by atoms with Gasteiger partial charge in [0.25, 0.3) is 0 Å². The van der Waals surface area contributed by atoms with Crippen molar-refractivity contribution >= 4 is 23.2 Å². The summed E-state index contributed by atoms with van der Waals surface area (Å²) in [5, 5.41) is 5.52. The van der Waals surface area contributed by atoms with Crippen molar-refractivity contribution in [1.82, 2.24) is 15.6 Å². The second kappa shape index (κ2) is 7.86. The monoisotopic (exact) mass is 376 g/mol. The first-order chi connectivity index (χ1) is 12.7. The maximum atomic E-state index is 13.3. The Morgan fingerprint density at radius 2 is 1.92 bits per heavy atom. The number of carbonyl (C=O) groups excluding carboxylic acids is 1. The van der Waals surface area contributed by atoms with E-state index in [1.165, 1.54) is 12.8 Å².